The molecule has 0 bridgehead atoms. The van der Waals surface area contributed by atoms with Gasteiger partial charge in [0.1, 0.15) is 0 Å². The average Bonchev–Trinajstić information content (AvgIpc) is 2.73. The number of halogens is 1. The van der Waals surface area contributed by atoms with Crippen molar-refractivity contribution in [3.05, 3.63) is 72.8 Å². The number of hydrogen-bond donors (Lipinski definition) is 2. The maximum Gasteiger partial charge on any atom is 0.234 e. The summed E-state index contributed by atoms with van der Waals surface area (Å²) in [7, 11) is -1.96. The van der Waals surface area contributed by atoms with Gasteiger partial charge in [0.2, 0.25) is 10.0 Å². The van der Waals surface area contributed by atoms with E-state index in [1.807, 2.05) is 60.7 Å². The van der Waals surface area contributed by atoms with E-state index >= 15 is 0 Å². The SMILES string of the molecule is COCCS(=O)(=O)Nc1ccc(Nc2c3ccccc3nc3ccccc23)cc1.Cl. The van der Waals surface area contributed by atoms with Gasteiger partial charge in [0, 0.05) is 29.3 Å². The van der Waals surface area contributed by atoms with Crippen LogP contribution in [0, 0.1) is 0 Å². The first kappa shape index (κ1) is 21.8. The Kier molecular flexibility index (Phi) is 6.77. The van der Waals surface area contributed by atoms with Crippen molar-refractivity contribution in [3.63, 3.8) is 0 Å². The molecule has 0 amide bonds. The molecule has 3 aromatic carbocycles. The van der Waals surface area contributed by atoms with Crippen LogP contribution in [-0.2, 0) is 14.8 Å². The van der Waals surface area contributed by atoms with Crippen LogP contribution in [0.1, 0.15) is 0 Å². The Labute approximate surface area is 181 Å². The van der Waals surface area contributed by atoms with E-state index in [1.54, 1.807) is 12.1 Å². The minimum Gasteiger partial charge on any atom is -0.384 e. The van der Waals surface area contributed by atoms with Crippen molar-refractivity contribution < 1.29 is 13.2 Å². The number of aromatic nitrogens is 1. The van der Waals surface area contributed by atoms with Gasteiger partial charge in [0.05, 0.1) is 29.1 Å². The predicted molar refractivity (Wildman–Crippen MR) is 126 cm³/mol. The van der Waals surface area contributed by atoms with Gasteiger partial charge in [-0.25, -0.2) is 13.4 Å². The molecule has 1 heterocycles. The number of sulfonamides is 1. The van der Waals surface area contributed by atoms with Crippen molar-refractivity contribution in [1.29, 1.82) is 0 Å². The Morgan fingerprint density at radius 3 is 1.93 bits per heavy atom. The zero-order valence-corrected chi connectivity index (χ0v) is 18.0. The highest BCUT2D eigenvalue weighted by molar-refractivity contribution is 7.92. The van der Waals surface area contributed by atoms with E-state index in [9.17, 15) is 8.42 Å². The van der Waals surface area contributed by atoms with Crippen LogP contribution in [-0.4, -0.2) is 32.9 Å². The van der Waals surface area contributed by atoms with Crippen LogP contribution in [0.5, 0.6) is 0 Å². The lowest BCUT2D eigenvalue weighted by Gasteiger charge is -2.14. The number of nitrogens with zero attached hydrogens (tertiary/aromatic N) is 1. The van der Waals surface area contributed by atoms with Gasteiger partial charge in [0.15, 0.2) is 0 Å². The Morgan fingerprint density at radius 2 is 1.37 bits per heavy atom. The third kappa shape index (κ3) is 4.81. The highest BCUT2D eigenvalue weighted by Crippen LogP contribution is 2.33. The summed E-state index contributed by atoms with van der Waals surface area (Å²) in [4.78, 5) is 4.73. The fourth-order valence-corrected chi connectivity index (χ4v) is 4.15. The maximum absolute atomic E-state index is 12.0. The number of nitrogens with one attached hydrogen (secondary N) is 2. The molecule has 2 N–H and O–H groups in total. The number of pyridine rings is 1. The van der Waals surface area contributed by atoms with E-state index in [-0.39, 0.29) is 24.8 Å². The van der Waals surface area contributed by atoms with Gasteiger partial charge in [-0.2, -0.15) is 0 Å². The highest BCUT2D eigenvalue weighted by Gasteiger charge is 2.11. The molecule has 0 saturated heterocycles. The third-order valence-electron chi connectivity index (χ3n) is 4.57. The Bertz CT molecular complexity index is 1210. The minimum atomic E-state index is -3.43. The summed E-state index contributed by atoms with van der Waals surface area (Å²) in [5.74, 6) is -0.0848. The summed E-state index contributed by atoms with van der Waals surface area (Å²) < 4.78 is 31.4. The molecule has 0 unspecified atom stereocenters. The highest BCUT2D eigenvalue weighted by atomic mass is 35.5. The lowest BCUT2D eigenvalue weighted by atomic mass is 10.1. The standard InChI is InChI=1S/C22H21N3O3S.ClH/c1-28-14-15-29(26,27)25-17-12-10-16(11-13-17)23-22-18-6-2-4-8-20(18)24-21-9-5-3-7-19(21)22;/h2-13,25H,14-15H2,1H3,(H,23,24);1H. The minimum absolute atomic E-state index is 0. The van der Waals surface area contributed by atoms with Crippen molar-refractivity contribution >= 4 is 61.3 Å². The number of methoxy groups -OCH3 is 1. The molecule has 0 aliphatic carbocycles. The van der Waals surface area contributed by atoms with E-state index in [1.165, 1.54) is 7.11 Å². The van der Waals surface area contributed by atoms with Crippen LogP contribution in [0.4, 0.5) is 17.1 Å². The monoisotopic (exact) mass is 443 g/mol. The number of anilines is 3. The molecule has 0 fully saturated rings. The van der Waals surface area contributed by atoms with Gasteiger partial charge in [-0.05, 0) is 36.4 Å². The van der Waals surface area contributed by atoms with E-state index in [0.717, 1.165) is 33.2 Å². The third-order valence-corrected chi connectivity index (χ3v) is 5.82. The van der Waals surface area contributed by atoms with Crippen LogP contribution in [0.2, 0.25) is 0 Å². The molecule has 0 saturated carbocycles. The fourth-order valence-electron chi connectivity index (χ4n) is 3.16. The van der Waals surface area contributed by atoms with E-state index in [2.05, 4.69) is 10.0 Å². The number of hydrogen-bond acceptors (Lipinski definition) is 5. The molecular formula is C22H22ClN3O3S. The smallest absolute Gasteiger partial charge is 0.234 e. The zero-order chi connectivity index (χ0) is 20.3. The topological polar surface area (TPSA) is 80.3 Å². The molecule has 0 aliphatic rings. The van der Waals surface area contributed by atoms with Gasteiger partial charge >= 0.3 is 0 Å². The molecule has 156 valence electrons. The van der Waals surface area contributed by atoms with E-state index in [0.29, 0.717) is 5.69 Å². The van der Waals surface area contributed by atoms with Gasteiger partial charge in [-0.1, -0.05) is 36.4 Å². The van der Waals surface area contributed by atoms with Crippen molar-refractivity contribution in [1.82, 2.24) is 4.98 Å². The number of para-hydroxylation sites is 2. The second-order valence-corrected chi connectivity index (χ2v) is 8.48. The van der Waals surface area contributed by atoms with Crippen molar-refractivity contribution in [2.24, 2.45) is 0 Å². The number of fused-ring (bicyclic) bond motifs is 2. The van der Waals surface area contributed by atoms with Crippen LogP contribution in [0.25, 0.3) is 21.8 Å². The second-order valence-electron chi connectivity index (χ2n) is 6.64. The quantitative estimate of drug-likeness (QED) is 0.395. The lowest BCUT2D eigenvalue weighted by molar-refractivity contribution is 0.217. The molecular weight excluding hydrogens is 422 g/mol. The summed E-state index contributed by atoms with van der Waals surface area (Å²) in [6, 6.07) is 23.1. The van der Waals surface area contributed by atoms with Gasteiger partial charge in [-0.3, -0.25) is 4.72 Å². The number of rotatable bonds is 7. The molecule has 1 aromatic heterocycles. The Hall–Kier alpha value is -2.87. The lowest BCUT2D eigenvalue weighted by Crippen LogP contribution is -2.19. The zero-order valence-electron chi connectivity index (χ0n) is 16.3. The molecule has 8 heteroatoms. The Balaban J connectivity index is 0.00000256. The normalized spacial score (nSPS) is 11.2. The van der Waals surface area contributed by atoms with Crippen molar-refractivity contribution in [2.75, 3.05) is 29.5 Å². The Morgan fingerprint density at radius 1 is 0.833 bits per heavy atom. The summed E-state index contributed by atoms with van der Waals surface area (Å²) in [6.07, 6.45) is 0. The first-order chi connectivity index (χ1) is 14.1. The fraction of sp³-hybridized carbons (Fsp3) is 0.136. The van der Waals surface area contributed by atoms with Gasteiger partial charge < -0.3 is 10.1 Å². The first-order valence-electron chi connectivity index (χ1n) is 9.20. The largest absolute Gasteiger partial charge is 0.384 e. The molecule has 4 aromatic rings. The average molecular weight is 444 g/mol. The number of ether oxygens (including phenoxy) is 1. The molecule has 0 spiro atoms. The maximum atomic E-state index is 12.0. The predicted octanol–water partition coefficient (Wildman–Crippen LogP) is 4.94. The van der Waals surface area contributed by atoms with Crippen molar-refractivity contribution in [2.45, 2.75) is 0 Å². The summed E-state index contributed by atoms with van der Waals surface area (Å²) in [6.45, 7) is 0.150. The summed E-state index contributed by atoms with van der Waals surface area (Å²) >= 11 is 0. The molecule has 0 aliphatic heterocycles. The van der Waals surface area contributed by atoms with Crippen molar-refractivity contribution in [3.8, 4) is 0 Å². The molecule has 30 heavy (non-hydrogen) atoms. The van der Waals surface area contributed by atoms with Crippen LogP contribution >= 0.6 is 12.4 Å². The summed E-state index contributed by atoms with van der Waals surface area (Å²) in [5.41, 5.74) is 4.16. The first-order valence-corrected chi connectivity index (χ1v) is 10.8. The van der Waals surface area contributed by atoms with Gasteiger partial charge in [-0.15, -0.1) is 12.4 Å². The van der Waals surface area contributed by atoms with Crippen LogP contribution in [0.3, 0.4) is 0 Å². The van der Waals surface area contributed by atoms with Crippen LogP contribution in [0.15, 0.2) is 72.8 Å². The summed E-state index contributed by atoms with van der Waals surface area (Å²) in [5, 5.41) is 5.52. The van der Waals surface area contributed by atoms with Gasteiger partial charge in [0.25, 0.3) is 0 Å². The van der Waals surface area contributed by atoms with Crippen LogP contribution < -0.4 is 10.0 Å². The molecule has 6 nitrogen and oxygen atoms in total. The number of benzene rings is 3. The second kappa shape index (κ2) is 9.30. The molecule has 4 rings (SSSR count). The molecule has 0 atom stereocenters. The van der Waals surface area contributed by atoms with E-state index < -0.39 is 10.0 Å². The molecule has 0 radical (unpaired) electrons. The van der Waals surface area contributed by atoms with E-state index in [4.69, 9.17) is 9.72 Å².